The molecule has 0 radical (unpaired) electrons. The van der Waals surface area contributed by atoms with Gasteiger partial charge in [-0.15, -0.1) is 0 Å². The van der Waals surface area contributed by atoms with Crippen molar-refractivity contribution < 1.29 is 5.11 Å². The maximum absolute atomic E-state index is 11.8. The highest BCUT2D eigenvalue weighted by Crippen LogP contribution is 2.65. The van der Waals surface area contributed by atoms with Crippen molar-refractivity contribution >= 4 is 23.2 Å². The standard InChI is InChI=1S/C25H22OP/c26-25(21-13-5-1-6-14-21)27(22-15-7-2-8-16-22,23-17-9-3-10-18-23)24-19-11-4-12-20-24/h1-20,25-26H/q+1. The lowest BCUT2D eigenvalue weighted by atomic mass is 10.2. The highest BCUT2D eigenvalue weighted by Gasteiger charge is 2.52. The van der Waals surface area contributed by atoms with Gasteiger partial charge < -0.3 is 5.11 Å². The van der Waals surface area contributed by atoms with Gasteiger partial charge in [0.25, 0.3) is 0 Å². The molecule has 0 bridgehead atoms. The van der Waals surface area contributed by atoms with Crippen LogP contribution in [0.3, 0.4) is 0 Å². The fraction of sp³-hybridized carbons (Fsp3) is 0.0400. The van der Waals surface area contributed by atoms with E-state index in [9.17, 15) is 5.11 Å². The third kappa shape index (κ3) is 3.21. The van der Waals surface area contributed by atoms with Gasteiger partial charge >= 0.3 is 0 Å². The third-order valence-corrected chi connectivity index (χ3v) is 9.32. The maximum atomic E-state index is 11.8. The van der Waals surface area contributed by atoms with E-state index in [0.29, 0.717) is 0 Å². The molecule has 0 aromatic heterocycles. The first-order valence-electron chi connectivity index (χ1n) is 9.12. The molecular formula is C25H22OP+. The molecule has 1 N–H and O–H groups in total. The summed E-state index contributed by atoms with van der Waals surface area (Å²) in [6.07, 6.45) is 0. The second-order valence-corrected chi connectivity index (χ2v) is 10.00. The van der Waals surface area contributed by atoms with E-state index in [1.165, 1.54) is 15.9 Å². The molecule has 27 heavy (non-hydrogen) atoms. The fourth-order valence-corrected chi connectivity index (χ4v) is 8.00. The summed E-state index contributed by atoms with van der Waals surface area (Å²) in [5, 5.41) is 15.4. The van der Waals surface area contributed by atoms with Crippen molar-refractivity contribution in [3.63, 3.8) is 0 Å². The summed E-state index contributed by atoms with van der Waals surface area (Å²) in [6.45, 7) is 0. The minimum atomic E-state index is -2.31. The van der Waals surface area contributed by atoms with Gasteiger partial charge in [-0.3, -0.25) is 0 Å². The number of aliphatic hydroxyl groups excluding tert-OH is 1. The molecule has 0 aliphatic rings. The van der Waals surface area contributed by atoms with Crippen LogP contribution in [-0.2, 0) is 0 Å². The first-order chi connectivity index (χ1) is 13.3. The van der Waals surface area contributed by atoms with Crippen LogP contribution in [0.15, 0.2) is 121 Å². The Morgan fingerprint density at radius 1 is 0.444 bits per heavy atom. The largest absolute Gasteiger partial charge is 0.355 e. The Balaban J connectivity index is 2.07. The van der Waals surface area contributed by atoms with Crippen molar-refractivity contribution in [1.29, 1.82) is 0 Å². The van der Waals surface area contributed by atoms with E-state index in [2.05, 4.69) is 72.8 Å². The number of hydrogen-bond acceptors (Lipinski definition) is 1. The van der Waals surface area contributed by atoms with Gasteiger partial charge in [-0.05, 0) is 36.4 Å². The normalized spacial score (nSPS) is 12.5. The predicted octanol–water partition coefficient (Wildman–Crippen LogP) is 4.67. The van der Waals surface area contributed by atoms with E-state index < -0.39 is 13.1 Å². The smallest absolute Gasteiger partial charge is 0.204 e. The molecule has 0 spiro atoms. The van der Waals surface area contributed by atoms with Crippen molar-refractivity contribution in [3.8, 4) is 0 Å². The van der Waals surface area contributed by atoms with E-state index in [-0.39, 0.29) is 0 Å². The number of aliphatic hydroxyl groups is 1. The Morgan fingerprint density at radius 2 is 0.741 bits per heavy atom. The van der Waals surface area contributed by atoms with Crippen molar-refractivity contribution in [3.05, 3.63) is 127 Å². The van der Waals surface area contributed by atoms with Crippen molar-refractivity contribution in [2.24, 2.45) is 0 Å². The van der Waals surface area contributed by atoms with Crippen LogP contribution in [0.5, 0.6) is 0 Å². The van der Waals surface area contributed by atoms with Gasteiger partial charge in [0.2, 0.25) is 5.85 Å². The van der Waals surface area contributed by atoms with Gasteiger partial charge in [-0.1, -0.05) is 84.9 Å². The van der Waals surface area contributed by atoms with Crippen LogP contribution in [0.25, 0.3) is 0 Å². The minimum Gasteiger partial charge on any atom is -0.355 e. The molecule has 0 saturated carbocycles. The molecular weight excluding hydrogens is 347 g/mol. The van der Waals surface area contributed by atoms with Gasteiger partial charge in [0, 0.05) is 5.56 Å². The molecule has 0 aliphatic heterocycles. The Kier molecular flexibility index (Phi) is 5.16. The van der Waals surface area contributed by atoms with Crippen LogP contribution in [-0.4, -0.2) is 5.11 Å². The summed E-state index contributed by atoms with van der Waals surface area (Å²) in [5.41, 5.74) is 0.947. The van der Waals surface area contributed by atoms with E-state index in [0.717, 1.165) is 5.56 Å². The molecule has 1 atom stereocenters. The number of hydrogen-bond donors (Lipinski definition) is 1. The first-order valence-corrected chi connectivity index (χ1v) is 11.0. The summed E-state index contributed by atoms with van der Waals surface area (Å²) in [6, 6.07) is 41.4. The summed E-state index contributed by atoms with van der Waals surface area (Å²) in [5.74, 6) is -0.620. The van der Waals surface area contributed by atoms with Crippen LogP contribution >= 0.6 is 7.26 Å². The van der Waals surface area contributed by atoms with Crippen molar-refractivity contribution in [1.82, 2.24) is 0 Å². The monoisotopic (exact) mass is 369 g/mol. The molecule has 0 fully saturated rings. The molecule has 2 heteroatoms. The first kappa shape index (κ1) is 17.7. The van der Waals surface area contributed by atoms with Crippen LogP contribution in [0, 0.1) is 0 Å². The lowest BCUT2D eigenvalue weighted by molar-refractivity contribution is 0.264. The average molecular weight is 369 g/mol. The predicted molar refractivity (Wildman–Crippen MR) is 117 cm³/mol. The van der Waals surface area contributed by atoms with Gasteiger partial charge in [0.05, 0.1) is 0 Å². The molecule has 0 amide bonds. The van der Waals surface area contributed by atoms with Crippen LogP contribution in [0.1, 0.15) is 11.4 Å². The highest BCUT2D eigenvalue weighted by molar-refractivity contribution is 7.95. The highest BCUT2D eigenvalue weighted by atomic mass is 31.2. The van der Waals surface area contributed by atoms with E-state index in [1.54, 1.807) is 0 Å². The number of rotatable bonds is 5. The van der Waals surface area contributed by atoms with Gasteiger partial charge in [-0.25, -0.2) is 0 Å². The molecule has 1 unspecified atom stereocenters. The van der Waals surface area contributed by atoms with Crippen LogP contribution < -0.4 is 15.9 Å². The van der Waals surface area contributed by atoms with Crippen LogP contribution in [0.2, 0.25) is 0 Å². The van der Waals surface area contributed by atoms with Crippen molar-refractivity contribution in [2.45, 2.75) is 5.85 Å². The minimum absolute atomic E-state index is 0.620. The molecule has 4 aromatic rings. The summed E-state index contributed by atoms with van der Waals surface area (Å²) in [4.78, 5) is 0. The molecule has 1 nitrogen and oxygen atoms in total. The second kappa shape index (κ2) is 7.88. The quantitative estimate of drug-likeness (QED) is 0.507. The van der Waals surface area contributed by atoms with Crippen LogP contribution in [0.4, 0.5) is 0 Å². The Bertz CT molecular complexity index is 873. The summed E-state index contributed by atoms with van der Waals surface area (Å²) < 4.78 is 0. The summed E-state index contributed by atoms with van der Waals surface area (Å²) in [7, 11) is -2.31. The molecule has 0 aliphatic carbocycles. The lowest BCUT2D eigenvalue weighted by Gasteiger charge is -2.31. The molecule has 0 saturated heterocycles. The molecule has 4 aromatic carbocycles. The summed E-state index contributed by atoms with van der Waals surface area (Å²) >= 11 is 0. The Hall–Kier alpha value is -2.73. The maximum Gasteiger partial charge on any atom is 0.204 e. The second-order valence-electron chi connectivity index (χ2n) is 6.51. The third-order valence-electron chi connectivity index (χ3n) is 4.95. The molecule has 4 rings (SSSR count). The SMILES string of the molecule is OC(c1ccccc1)[P+](c1ccccc1)(c1ccccc1)c1ccccc1. The van der Waals surface area contributed by atoms with Gasteiger partial charge in [0.1, 0.15) is 23.2 Å². The lowest BCUT2D eigenvalue weighted by Crippen LogP contribution is -2.35. The van der Waals surface area contributed by atoms with Gasteiger partial charge in [-0.2, -0.15) is 0 Å². The number of benzene rings is 4. The average Bonchev–Trinajstić information content (AvgIpc) is 2.77. The topological polar surface area (TPSA) is 20.2 Å². The molecule has 0 heterocycles. The zero-order valence-corrected chi connectivity index (χ0v) is 15.9. The zero-order chi connectivity index (χ0) is 18.5. The van der Waals surface area contributed by atoms with Crippen molar-refractivity contribution in [2.75, 3.05) is 0 Å². The fourth-order valence-electron chi connectivity index (χ4n) is 3.71. The molecule has 132 valence electrons. The Labute approximate surface area is 161 Å². The van der Waals surface area contributed by atoms with E-state index in [1.807, 2.05) is 48.5 Å². The van der Waals surface area contributed by atoms with E-state index >= 15 is 0 Å². The zero-order valence-electron chi connectivity index (χ0n) is 15.0. The Morgan fingerprint density at radius 3 is 1.07 bits per heavy atom. The van der Waals surface area contributed by atoms with E-state index in [4.69, 9.17) is 0 Å². The van der Waals surface area contributed by atoms with Gasteiger partial charge in [0.15, 0.2) is 0 Å².